The van der Waals surface area contributed by atoms with Gasteiger partial charge in [0.2, 0.25) is 5.82 Å². The lowest BCUT2D eigenvalue weighted by molar-refractivity contribution is 0.0932. The molecule has 7 heteroatoms. The molecule has 0 unspecified atom stereocenters. The molecule has 1 saturated heterocycles. The zero-order valence-corrected chi connectivity index (χ0v) is 16.2. The average Bonchev–Trinajstić information content (AvgIpc) is 3.34. The fraction of sp³-hybridized carbons (Fsp3) is 0.364. The summed E-state index contributed by atoms with van der Waals surface area (Å²) in [7, 11) is 0. The van der Waals surface area contributed by atoms with Gasteiger partial charge in [-0.15, -0.1) is 10.2 Å². The summed E-state index contributed by atoms with van der Waals surface area (Å²) in [6.07, 6.45) is 4.58. The van der Waals surface area contributed by atoms with Crippen LogP contribution in [0.15, 0.2) is 54.9 Å². The molecule has 3 aromatic rings. The van der Waals surface area contributed by atoms with E-state index in [2.05, 4.69) is 37.5 Å². The average molecular weight is 388 g/mol. The molecule has 1 N–H and O–H groups in total. The highest BCUT2D eigenvalue weighted by Crippen LogP contribution is 2.33. The van der Waals surface area contributed by atoms with Crippen molar-refractivity contribution >= 4 is 5.91 Å². The number of likely N-dealkylation sites (tertiary alicyclic amines) is 1. The Morgan fingerprint density at radius 3 is 2.59 bits per heavy atom. The lowest BCUT2D eigenvalue weighted by Gasteiger charge is -2.25. The second-order valence-electron chi connectivity index (χ2n) is 7.99. The van der Waals surface area contributed by atoms with Gasteiger partial charge >= 0.3 is 0 Å². The first kappa shape index (κ1) is 18.0. The van der Waals surface area contributed by atoms with E-state index in [9.17, 15) is 4.79 Å². The topological polar surface area (TPSA) is 75.9 Å². The molecule has 2 atom stereocenters. The molecular formula is C22H24N6O. The summed E-state index contributed by atoms with van der Waals surface area (Å²) in [6.45, 7) is 4.35. The van der Waals surface area contributed by atoms with E-state index in [0.29, 0.717) is 24.2 Å². The molecule has 148 valence electrons. The number of carbonyl (C=O) groups excluding carboxylic acids is 1. The SMILES string of the molecule is O=C(NCc1ccccc1)c1nnc2n1C[C@@H]1CN(Cc3ccncc3)C[C@H]1C2. The van der Waals surface area contributed by atoms with Crippen LogP contribution in [0.5, 0.6) is 0 Å². The minimum atomic E-state index is -0.155. The minimum absolute atomic E-state index is 0.155. The highest BCUT2D eigenvalue weighted by molar-refractivity contribution is 5.90. The van der Waals surface area contributed by atoms with Gasteiger partial charge in [-0.1, -0.05) is 30.3 Å². The molecule has 2 aromatic heterocycles. The Hall–Kier alpha value is -3.06. The molecule has 5 rings (SSSR count). The number of carbonyl (C=O) groups is 1. The highest BCUT2D eigenvalue weighted by Gasteiger charge is 2.39. The Bertz CT molecular complexity index is 987. The van der Waals surface area contributed by atoms with Gasteiger partial charge in [0.05, 0.1) is 0 Å². The molecule has 7 nitrogen and oxygen atoms in total. The Balaban J connectivity index is 1.24. The van der Waals surface area contributed by atoms with E-state index in [0.717, 1.165) is 44.0 Å². The number of nitrogens with zero attached hydrogens (tertiary/aromatic N) is 5. The van der Waals surface area contributed by atoms with Crippen LogP contribution in [0.2, 0.25) is 0 Å². The first-order valence-electron chi connectivity index (χ1n) is 10.1. The van der Waals surface area contributed by atoms with E-state index < -0.39 is 0 Å². The van der Waals surface area contributed by atoms with Gasteiger partial charge in [-0.3, -0.25) is 14.7 Å². The Labute approximate surface area is 169 Å². The molecular weight excluding hydrogens is 364 g/mol. The van der Waals surface area contributed by atoms with E-state index in [-0.39, 0.29) is 5.91 Å². The van der Waals surface area contributed by atoms with Crippen LogP contribution < -0.4 is 5.32 Å². The molecule has 29 heavy (non-hydrogen) atoms. The molecule has 0 saturated carbocycles. The first-order chi connectivity index (χ1) is 14.3. The Morgan fingerprint density at radius 1 is 0.966 bits per heavy atom. The largest absolute Gasteiger partial charge is 0.345 e. The highest BCUT2D eigenvalue weighted by atomic mass is 16.2. The number of nitrogens with one attached hydrogen (secondary N) is 1. The molecule has 0 aliphatic carbocycles. The molecule has 1 aromatic carbocycles. The molecule has 0 radical (unpaired) electrons. The molecule has 1 amide bonds. The second-order valence-corrected chi connectivity index (χ2v) is 7.99. The van der Waals surface area contributed by atoms with Gasteiger partial charge in [0.15, 0.2) is 0 Å². The Morgan fingerprint density at radius 2 is 1.76 bits per heavy atom. The fourth-order valence-corrected chi connectivity index (χ4v) is 4.52. The van der Waals surface area contributed by atoms with Crippen LogP contribution in [0.25, 0.3) is 0 Å². The molecule has 0 bridgehead atoms. The number of rotatable bonds is 5. The van der Waals surface area contributed by atoms with E-state index in [4.69, 9.17) is 0 Å². The smallest absolute Gasteiger partial charge is 0.289 e. The van der Waals surface area contributed by atoms with Crippen LogP contribution in [0.4, 0.5) is 0 Å². The first-order valence-corrected chi connectivity index (χ1v) is 10.1. The summed E-state index contributed by atoms with van der Waals surface area (Å²) < 4.78 is 2.03. The van der Waals surface area contributed by atoms with Crippen molar-refractivity contribution in [2.24, 2.45) is 11.8 Å². The van der Waals surface area contributed by atoms with Gasteiger partial charge in [-0.25, -0.2) is 0 Å². The van der Waals surface area contributed by atoms with E-state index in [1.54, 1.807) is 0 Å². The third-order valence-electron chi connectivity index (χ3n) is 6.00. The second kappa shape index (κ2) is 7.75. The van der Waals surface area contributed by atoms with Crippen molar-refractivity contribution in [1.29, 1.82) is 0 Å². The number of hydrogen-bond acceptors (Lipinski definition) is 5. The summed E-state index contributed by atoms with van der Waals surface area (Å²) in [5.41, 5.74) is 2.36. The fourth-order valence-electron chi connectivity index (χ4n) is 4.52. The lowest BCUT2D eigenvalue weighted by atomic mass is 9.89. The number of amides is 1. The summed E-state index contributed by atoms with van der Waals surface area (Å²) >= 11 is 0. The molecule has 4 heterocycles. The third-order valence-corrected chi connectivity index (χ3v) is 6.00. The van der Waals surface area contributed by atoms with Crippen molar-refractivity contribution < 1.29 is 4.79 Å². The van der Waals surface area contributed by atoms with Gasteiger partial charge < -0.3 is 9.88 Å². The zero-order chi connectivity index (χ0) is 19.6. The summed E-state index contributed by atoms with van der Waals surface area (Å²) in [4.78, 5) is 19.3. The van der Waals surface area contributed by atoms with Crippen molar-refractivity contribution in [1.82, 2.24) is 30.0 Å². The Kier molecular flexibility index (Phi) is 4.81. The van der Waals surface area contributed by atoms with E-state index in [1.165, 1.54) is 5.56 Å². The summed E-state index contributed by atoms with van der Waals surface area (Å²) in [5.74, 6) is 2.32. The molecule has 2 aliphatic rings. The van der Waals surface area contributed by atoms with E-state index >= 15 is 0 Å². The molecule has 1 fully saturated rings. The number of fused-ring (bicyclic) bond motifs is 2. The van der Waals surface area contributed by atoms with Crippen molar-refractivity contribution in [2.75, 3.05) is 13.1 Å². The minimum Gasteiger partial charge on any atom is -0.345 e. The lowest BCUT2D eigenvalue weighted by Crippen LogP contribution is -2.32. The third kappa shape index (κ3) is 3.78. The van der Waals surface area contributed by atoms with Crippen LogP contribution in [-0.4, -0.2) is 43.6 Å². The maximum Gasteiger partial charge on any atom is 0.289 e. The number of pyridine rings is 1. The number of aromatic nitrogens is 4. The van der Waals surface area contributed by atoms with Crippen molar-refractivity contribution in [3.63, 3.8) is 0 Å². The quantitative estimate of drug-likeness (QED) is 0.723. The maximum atomic E-state index is 12.7. The number of benzene rings is 1. The van der Waals surface area contributed by atoms with Crippen molar-refractivity contribution in [3.8, 4) is 0 Å². The van der Waals surface area contributed by atoms with Gasteiger partial charge in [-0.05, 0) is 35.1 Å². The van der Waals surface area contributed by atoms with Gasteiger partial charge in [0.1, 0.15) is 5.82 Å². The monoisotopic (exact) mass is 388 g/mol. The van der Waals surface area contributed by atoms with Gasteiger partial charge in [0, 0.05) is 51.5 Å². The van der Waals surface area contributed by atoms with Crippen LogP contribution in [-0.2, 0) is 26.1 Å². The van der Waals surface area contributed by atoms with E-state index in [1.807, 2.05) is 47.3 Å². The van der Waals surface area contributed by atoms with Crippen LogP contribution in [0.3, 0.4) is 0 Å². The summed E-state index contributed by atoms with van der Waals surface area (Å²) in [5, 5.41) is 11.5. The maximum absolute atomic E-state index is 12.7. The predicted molar refractivity (Wildman–Crippen MR) is 108 cm³/mol. The van der Waals surface area contributed by atoms with Crippen LogP contribution in [0, 0.1) is 11.8 Å². The molecule has 0 spiro atoms. The van der Waals surface area contributed by atoms with Gasteiger partial charge in [0.25, 0.3) is 5.91 Å². The van der Waals surface area contributed by atoms with Crippen molar-refractivity contribution in [2.45, 2.75) is 26.1 Å². The summed E-state index contributed by atoms with van der Waals surface area (Å²) in [6, 6.07) is 14.1. The van der Waals surface area contributed by atoms with Crippen molar-refractivity contribution in [3.05, 3.63) is 77.6 Å². The molecule has 2 aliphatic heterocycles. The standard InChI is InChI=1S/C22H24N6O/c29-22(24-11-16-4-2-1-3-5-16)21-26-25-20-10-18-13-27(14-19(18)15-28(20)21)12-17-6-8-23-9-7-17/h1-9,18-19H,10-15H2,(H,24,29)/t18-,19+/m1/s1. The predicted octanol–water partition coefficient (Wildman–Crippen LogP) is 1.91. The van der Waals surface area contributed by atoms with Crippen LogP contribution >= 0.6 is 0 Å². The zero-order valence-electron chi connectivity index (χ0n) is 16.2. The van der Waals surface area contributed by atoms with Gasteiger partial charge in [-0.2, -0.15) is 0 Å². The van der Waals surface area contributed by atoms with Crippen LogP contribution in [0.1, 0.15) is 27.6 Å². The number of hydrogen-bond donors (Lipinski definition) is 1. The normalized spacial score (nSPS) is 20.8.